The summed E-state index contributed by atoms with van der Waals surface area (Å²) in [6, 6.07) is 2.36. The van der Waals surface area contributed by atoms with Gasteiger partial charge in [0, 0.05) is 62.7 Å². The van der Waals surface area contributed by atoms with Crippen LogP contribution < -0.4 is 0 Å². The molecular formula is C19H29N3O3. The van der Waals surface area contributed by atoms with Crippen molar-refractivity contribution in [2.75, 3.05) is 33.0 Å². The van der Waals surface area contributed by atoms with Crippen molar-refractivity contribution in [3.05, 3.63) is 23.8 Å². The molecule has 0 aliphatic carbocycles. The van der Waals surface area contributed by atoms with Gasteiger partial charge in [-0.3, -0.25) is 4.90 Å². The maximum Gasteiger partial charge on any atom is 0.131 e. The molecule has 1 aromatic heterocycles. The summed E-state index contributed by atoms with van der Waals surface area (Å²) in [6.07, 6.45) is 3.56. The van der Waals surface area contributed by atoms with E-state index in [1.54, 1.807) is 0 Å². The van der Waals surface area contributed by atoms with E-state index in [4.69, 9.17) is 14.5 Å². The summed E-state index contributed by atoms with van der Waals surface area (Å²) in [6.45, 7) is 8.61. The van der Waals surface area contributed by atoms with Crippen LogP contribution in [-0.2, 0) is 16.0 Å². The molecule has 3 saturated heterocycles. The highest BCUT2D eigenvalue weighted by Gasteiger charge is 2.55. The molecular weight excluding hydrogens is 318 g/mol. The number of likely N-dealkylation sites (tertiary alicyclic amines) is 1. The number of fused-ring (bicyclic) bond motifs is 3. The van der Waals surface area contributed by atoms with E-state index in [9.17, 15) is 5.11 Å². The van der Waals surface area contributed by atoms with Crippen LogP contribution in [0.5, 0.6) is 0 Å². The highest BCUT2D eigenvalue weighted by Crippen LogP contribution is 2.44. The second kappa shape index (κ2) is 6.91. The van der Waals surface area contributed by atoms with Gasteiger partial charge in [-0.1, -0.05) is 13.8 Å². The molecule has 0 unspecified atom stereocenters. The zero-order valence-electron chi connectivity index (χ0n) is 15.2. The normalized spacial score (nSPS) is 36.1. The van der Waals surface area contributed by atoms with Gasteiger partial charge in [0.05, 0.1) is 24.5 Å². The van der Waals surface area contributed by atoms with Crippen molar-refractivity contribution >= 4 is 0 Å². The van der Waals surface area contributed by atoms with Crippen molar-refractivity contribution in [1.82, 2.24) is 14.9 Å². The number of ether oxygens (including phenoxy) is 2. The fourth-order valence-electron chi connectivity index (χ4n) is 4.74. The number of aromatic nitrogens is 2. The van der Waals surface area contributed by atoms with Gasteiger partial charge < -0.3 is 14.6 Å². The van der Waals surface area contributed by atoms with Crippen LogP contribution in [0.3, 0.4) is 0 Å². The Bertz CT molecular complexity index is 611. The van der Waals surface area contributed by atoms with Crippen molar-refractivity contribution in [3.63, 3.8) is 0 Å². The number of nitrogens with zero attached hydrogens (tertiary/aromatic N) is 3. The van der Waals surface area contributed by atoms with Gasteiger partial charge in [-0.2, -0.15) is 0 Å². The summed E-state index contributed by atoms with van der Waals surface area (Å²) in [5.74, 6) is 1.54. The SMILES string of the molecule is CC(C)c1nccc(CN2C[C@H]3COCC[C@@]3(O)[C@@H]3COCC[C@@H]32)n1. The van der Waals surface area contributed by atoms with Crippen LogP contribution in [0.25, 0.3) is 0 Å². The lowest BCUT2D eigenvalue weighted by Gasteiger charge is -2.57. The molecule has 1 N–H and O–H groups in total. The second-order valence-electron chi connectivity index (χ2n) is 8.04. The van der Waals surface area contributed by atoms with E-state index in [2.05, 4.69) is 23.7 Å². The third-order valence-electron chi connectivity index (χ3n) is 6.17. The third-order valence-corrected chi connectivity index (χ3v) is 6.17. The molecule has 138 valence electrons. The van der Waals surface area contributed by atoms with E-state index >= 15 is 0 Å². The van der Waals surface area contributed by atoms with Crippen LogP contribution >= 0.6 is 0 Å². The quantitative estimate of drug-likeness (QED) is 0.896. The first kappa shape index (κ1) is 17.3. The van der Waals surface area contributed by atoms with Crippen LogP contribution in [0.4, 0.5) is 0 Å². The van der Waals surface area contributed by atoms with E-state index in [-0.39, 0.29) is 11.8 Å². The number of aliphatic hydroxyl groups is 1. The van der Waals surface area contributed by atoms with Gasteiger partial charge >= 0.3 is 0 Å². The molecule has 4 heterocycles. The van der Waals surface area contributed by atoms with Crippen molar-refractivity contribution in [1.29, 1.82) is 0 Å². The molecule has 0 radical (unpaired) electrons. The van der Waals surface area contributed by atoms with Crippen molar-refractivity contribution < 1.29 is 14.6 Å². The van der Waals surface area contributed by atoms with Gasteiger partial charge in [0.25, 0.3) is 0 Å². The van der Waals surface area contributed by atoms with Gasteiger partial charge in [0.2, 0.25) is 0 Å². The van der Waals surface area contributed by atoms with Gasteiger partial charge in [-0.05, 0) is 12.5 Å². The molecule has 1 aromatic rings. The minimum absolute atomic E-state index is 0.149. The van der Waals surface area contributed by atoms with Crippen LogP contribution in [0.2, 0.25) is 0 Å². The zero-order valence-corrected chi connectivity index (χ0v) is 15.2. The summed E-state index contributed by atoms with van der Waals surface area (Å²) in [7, 11) is 0. The van der Waals surface area contributed by atoms with E-state index in [1.165, 1.54) is 0 Å². The molecule has 3 fully saturated rings. The molecule has 6 heteroatoms. The highest BCUT2D eigenvalue weighted by molar-refractivity contribution is 5.09. The highest BCUT2D eigenvalue weighted by atomic mass is 16.5. The van der Waals surface area contributed by atoms with E-state index in [1.807, 2.05) is 12.3 Å². The van der Waals surface area contributed by atoms with E-state index < -0.39 is 5.60 Å². The Morgan fingerprint density at radius 3 is 3.00 bits per heavy atom. The van der Waals surface area contributed by atoms with E-state index in [0.29, 0.717) is 31.8 Å². The predicted octanol–water partition coefficient (Wildman–Crippen LogP) is 1.59. The van der Waals surface area contributed by atoms with Crippen molar-refractivity contribution in [2.24, 2.45) is 11.8 Å². The topological polar surface area (TPSA) is 67.7 Å². The minimum atomic E-state index is -0.644. The van der Waals surface area contributed by atoms with Crippen molar-refractivity contribution in [3.8, 4) is 0 Å². The van der Waals surface area contributed by atoms with Gasteiger partial charge in [0.1, 0.15) is 5.82 Å². The van der Waals surface area contributed by atoms with Gasteiger partial charge in [0.15, 0.2) is 0 Å². The summed E-state index contributed by atoms with van der Waals surface area (Å²) in [4.78, 5) is 11.6. The minimum Gasteiger partial charge on any atom is -0.389 e. The average Bonchev–Trinajstić information content (AvgIpc) is 2.63. The van der Waals surface area contributed by atoms with E-state index in [0.717, 1.165) is 44.1 Å². The molecule has 3 aliphatic heterocycles. The van der Waals surface area contributed by atoms with Gasteiger partial charge in [-0.25, -0.2) is 9.97 Å². The van der Waals surface area contributed by atoms with Gasteiger partial charge in [-0.15, -0.1) is 0 Å². The molecule has 3 aliphatic rings. The monoisotopic (exact) mass is 347 g/mol. The summed E-state index contributed by atoms with van der Waals surface area (Å²) in [5.41, 5.74) is 0.417. The maximum absolute atomic E-state index is 11.4. The van der Waals surface area contributed by atoms with Crippen LogP contribution in [0, 0.1) is 11.8 Å². The Labute approximate surface area is 149 Å². The lowest BCUT2D eigenvalue weighted by Crippen LogP contribution is -2.67. The molecule has 4 atom stereocenters. The number of hydrogen-bond acceptors (Lipinski definition) is 6. The summed E-state index contributed by atoms with van der Waals surface area (Å²) < 4.78 is 11.4. The average molecular weight is 347 g/mol. The number of piperidine rings is 1. The second-order valence-corrected chi connectivity index (χ2v) is 8.04. The maximum atomic E-state index is 11.4. The molecule has 0 amide bonds. The Hall–Kier alpha value is -1.08. The molecule has 0 bridgehead atoms. The third kappa shape index (κ3) is 3.21. The molecule has 0 spiro atoms. The molecule has 25 heavy (non-hydrogen) atoms. The standard InChI is InChI=1S/C19H29N3O3/c1-13(2)18-20-6-3-15(21-18)10-22-9-14-11-25-8-5-19(14,23)16-12-24-7-4-17(16)22/h3,6,13-14,16-17,23H,4-5,7-12H2,1-2H3/t14-,16+,17-,19-/m0/s1. The fraction of sp³-hybridized carbons (Fsp3) is 0.789. The Balaban J connectivity index is 1.58. The number of hydrogen-bond donors (Lipinski definition) is 1. The first-order valence-electron chi connectivity index (χ1n) is 9.51. The Morgan fingerprint density at radius 2 is 2.16 bits per heavy atom. The number of rotatable bonds is 3. The molecule has 0 saturated carbocycles. The molecule has 0 aromatic carbocycles. The Kier molecular flexibility index (Phi) is 4.79. The summed E-state index contributed by atoms with van der Waals surface area (Å²) in [5, 5.41) is 11.4. The van der Waals surface area contributed by atoms with Crippen LogP contribution in [0.15, 0.2) is 12.3 Å². The van der Waals surface area contributed by atoms with Crippen LogP contribution in [-0.4, -0.2) is 64.6 Å². The summed E-state index contributed by atoms with van der Waals surface area (Å²) >= 11 is 0. The largest absolute Gasteiger partial charge is 0.389 e. The molecule has 6 nitrogen and oxygen atoms in total. The first-order valence-corrected chi connectivity index (χ1v) is 9.51. The van der Waals surface area contributed by atoms with Crippen LogP contribution in [0.1, 0.15) is 44.1 Å². The predicted molar refractivity (Wildman–Crippen MR) is 93.1 cm³/mol. The first-order chi connectivity index (χ1) is 12.1. The smallest absolute Gasteiger partial charge is 0.131 e. The van der Waals surface area contributed by atoms with Crippen molar-refractivity contribution in [2.45, 2.75) is 50.8 Å². The zero-order chi connectivity index (χ0) is 17.4. The lowest BCUT2D eigenvalue weighted by atomic mass is 9.66. The molecule has 4 rings (SSSR count). The Morgan fingerprint density at radius 1 is 1.32 bits per heavy atom. The lowest BCUT2D eigenvalue weighted by molar-refractivity contribution is -0.221. The fourth-order valence-corrected chi connectivity index (χ4v) is 4.74.